The van der Waals surface area contributed by atoms with Gasteiger partial charge in [0.15, 0.2) is 0 Å². The van der Waals surface area contributed by atoms with E-state index in [1.165, 1.54) is 7.11 Å². The molecule has 1 aromatic rings. The van der Waals surface area contributed by atoms with Gasteiger partial charge in [-0.15, -0.1) is 0 Å². The van der Waals surface area contributed by atoms with Gasteiger partial charge >= 0.3 is 6.16 Å². The minimum absolute atomic E-state index is 0.0500. The van der Waals surface area contributed by atoms with Crippen LogP contribution < -0.4 is 0 Å². The number of hydroxylamine groups is 2. The van der Waals surface area contributed by atoms with Crippen molar-refractivity contribution in [3.8, 4) is 0 Å². The molecule has 0 aromatic heterocycles. The number of ether oxygens (including phenoxy) is 2. The number of piperidine rings is 1. The lowest BCUT2D eigenvalue weighted by molar-refractivity contribution is -0.323. The molecule has 2 unspecified atom stereocenters. The highest BCUT2D eigenvalue weighted by Gasteiger charge is 2.51. The number of nitrogens with zero attached hydrogens (tertiary/aromatic N) is 1. The van der Waals surface area contributed by atoms with Crippen LogP contribution in [0.1, 0.15) is 72.0 Å². The minimum Gasteiger partial charge on any atom is -0.438 e. The molecule has 5 heteroatoms. The lowest BCUT2D eigenvalue weighted by Crippen LogP contribution is -2.64. The number of rotatable bonds is 6. The molecular weight excluding hydrogens is 330 g/mol. The summed E-state index contributed by atoms with van der Waals surface area (Å²) in [5.74, 6) is 0. The van der Waals surface area contributed by atoms with Crippen molar-refractivity contribution in [2.24, 2.45) is 0 Å². The molecule has 0 saturated carbocycles. The van der Waals surface area contributed by atoms with Gasteiger partial charge in [0, 0.05) is 23.9 Å². The molecule has 0 bridgehead atoms. The first kappa shape index (κ1) is 20.7. The SMILES string of the molecule is CCC1(CC)CC(OC(=O)OC)CC(C)(C)N1OC(C)c1ccccc1. The summed E-state index contributed by atoms with van der Waals surface area (Å²) in [6.07, 6.45) is 2.42. The summed E-state index contributed by atoms with van der Waals surface area (Å²) in [5.41, 5.74) is 0.687. The van der Waals surface area contributed by atoms with E-state index in [1.54, 1.807) is 0 Å². The molecule has 1 aliphatic rings. The third kappa shape index (κ3) is 4.38. The summed E-state index contributed by atoms with van der Waals surface area (Å²) >= 11 is 0. The smallest absolute Gasteiger partial charge is 0.438 e. The molecule has 1 saturated heterocycles. The zero-order valence-corrected chi connectivity index (χ0v) is 17.0. The van der Waals surface area contributed by atoms with E-state index in [2.05, 4.69) is 51.8 Å². The summed E-state index contributed by atoms with van der Waals surface area (Å²) in [4.78, 5) is 18.2. The van der Waals surface area contributed by atoms with E-state index >= 15 is 0 Å². The Kier molecular flexibility index (Phi) is 6.69. The Bertz CT molecular complexity index is 583. The van der Waals surface area contributed by atoms with E-state index in [-0.39, 0.29) is 23.3 Å². The molecule has 5 nitrogen and oxygen atoms in total. The Morgan fingerprint density at radius 3 is 2.35 bits per heavy atom. The first-order valence-electron chi connectivity index (χ1n) is 9.54. The minimum atomic E-state index is -0.612. The number of benzene rings is 1. The highest BCUT2D eigenvalue weighted by molar-refractivity contribution is 5.59. The molecule has 0 aliphatic carbocycles. The molecule has 2 rings (SSSR count). The van der Waals surface area contributed by atoms with Crippen LogP contribution in [0.5, 0.6) is 0 Å². The highest BCUT2D eigenvalue weighted by atomic mass is 16.7. The lowest BCUT2D eigenvalue weighted by Gasteiger charge is -2.56. The maximum atomic E-state index is 11.6. The van der Waals surface area contributed by atoms with Gasteiger partial charge in [0.2, 0.25) is 0 Å². The second-order valence-electron chi connectivity index (χ2n) is 7.80. The zero-order chi connectivity index (χ0) is 19.4. The number of carbonyl (C=O) groups is 1. The Labute approximate surface area is 157 Å². The van der Waals surface area contributed by atoms with Crippen LogP contribution in [0, 0.1) is 0 Å². The van der Waals surface area contributed by atoms with Gasteiger partial charge in [-0.05, 0) is 39.2 Å². The fourth-order valence-electron chi connectivity index (χ4n) is 4.15. The summed E-state index contributed by atoms with van der Waals surface area (Å²) in [6, 6.07) is 10.3. The topological polar surface area (TPSA) is 48.0 Å². The van der Waals surface area contributed by atoms with Crippen molar-refractivity contribution < 1.29 is 19.1 Å². The van der Waals surface area contributed by atoms with Crippen LogP contribution in [0.3, 0.4) is 0 Å². The van der Waals surface area contributed by atoms with E-state index in [0.717, 1.165) is 24.8 Å². The third-order valence-electron chi connectivity index (χ3n) is 5.59. The van der Waals surface area contributed by atoms with Gasteiger partial charge in [-0.25, -0.2) is 4.79 Å². The standard InChI is InChI=1S/C21H33NO4/c1-7-21(8-2)15-18(25-19(23)24-6)14-20(4,5)22(21)26-16(3)17-12-10-9-11-13-17/h9-13,16,18H,7-8,14-15H2,1-6H3. The average molecular weight is 363 g/mol. The van der Waals surface area contributed by atoms with Crippen LogP contribution in [0.4, 0.5) is 4.79 Å². The maximum Gasteiger partial charge on any atom is 0.508 e. The second kappa shape index (κ2) is 8.40. The number of hydrogen-bond donors (Lipinski definition) is 0. The fourth-order valence-corrected chi connectivity index (χ4v) is 4.15. The molecule has 1 fully saturated rings. The van der Waals surface area contributed by atoms with E-state index in [1.807, 2.05) is 18.2 Å². The number of hydrogen-bond acceptors (Lipinski definition) is 5. The second-order valence-corrected chi connectivity index (χ2v) is 7.80. The zero-order valence-electron chi connectivity index (χ0n) is 17.0. The number of carbonyl (C=O) groups excluding carboxylic acids is 1. The van der Waals surface area contributed by atoms with Crippen molar-refractivity contribution in [1.29, 1.82) is 0 Å². The van der Waals surface area contributed by atoms with Crippen molar-refractivity contribution in [2.75, 3.05) is 7.11 Å². The Hall–Kier alpha value is -1.59. The molecule has 2 atom stereocenters. The van der Waals surface area contributed by atoms with E-state index in [4.69, 9.17) is 14.3 Å². The maximum absolute atomic E-state index is 11.6. The monoisotopic (exact) mass is 363 g/mol. The van der Waals surface area contributed by atoms with E-state index < -0.39 is 6.16 Å². The van der Waals surface area contributed by atoms with E-state index in [0.29, 0.717) is 6.42 Å². The predicted octanol–water partition coefficient (Wildman–Crippen LogP) is 5.26. The van der Waals surface area contributed by atoms with Crippen LogP contribution in [0.15, 0.2) is 30.3 Å². The first-order chi connectivity index (χ1) is 12.3. The van der Waals surface area contributed by atoms with Crippen molar-refractivity contribution >= 4 is 6.16 Å². The third-order valence-corrected chi connectivity index (χ3v) is 5.59. The summed E-state index contributed by atoms with van der Waals surface area (Å²) < 4.78 is 10.2. The molecule has 0 N–H and O–H groups in total. The normalized spacial score (nSPS) is 23.2. The van der Waals surface area contributed by atoms with Crippen LogP contribution in [0.2, 0.25) is 0 Å². The van der Waals surface area contributed by atoms with Crippen molar-refractivity contribution in [1.82, 2.24) is 5.06 Å². The van der Waals surface area contributed by atoms with Gasteiger partial charge in [0.1, 0.15) is 12.2 Å². The average Bonchev–Trinajstić information content (AvgIpc) is 2.63. The van der Waals surface area contributed by atoms with Gasteiger partial charge in [-0.1, -0.05) is 44.2 Å². The molecule has 1 heterocycles. The van der Waals surface area contributed by atoms with Crippen LogP contribution in [-0.4, -0.2) is 35.5 Å². The highest BCUT2D eigenvalue weighted by Crippen LogP contribution is 2.45. The predicted molar refractivity (Wildman–Crippen MR) is 102 cm³/mol. The molecule has 1 aliphatic heterocycles. The largest absolute Gasteiger partial charge is 0.508 e. The van der Waals surface area contributed by atoms with Crippen molar-refractivity contribution in [3.05, 3.63) is 35.9 Å². The molecule has 146 valence electrons. The van der Waals surface area contributed by atoms with Gasteiger partial charge < -0.3 is 9.47 Å². The van der Waals surface area contributed by atoms with Gasteiger partial charge in [0.25, 0.3) is 0 Å². The van der Waals surface area contributed by atoms with Crippen LogP contribution >= 0.6 is 0 Å². The quantitative estimate of drug-likeness (QED) is 0.645. The Balaban J connectivity index is 2.26. The molecule has 26 heavy (non-hydrogen) atoms. The summed E-state index contributed by atoms with van der Waals surface area (Å²) in [5, 5.41) is 2.18. The molecule has 1 aromatic carbocycles. The Morgan fingerprint density at radius 2 is 1.81 bits per heavy atom. The molecular formula is C21H33NO4. The summed E-state index contributed by atoms with van der Waals surface area (Å²) in [6.45, 7) is 10.7. The number of methoxy groups -OCH3 is 1. The van der Waals surface area contributed by atoms with E-state index in [9.17, 15) is 4.79 Å². The first-order valence-corrected chi connectivity index (χ1v) is 9.54. The van der Waals surface area contributed by atoms with Crippen LogP contribution in [-0.2, 0) is 14.3 Å². The van der Waals surface area contributed by atoms with Gasteiger partial charge in [0.05, 0.1) is 7.11 Å². The molecule has 0 spiro atoms. The fraction of sp³-hybridized carbons (Fsp3) is 0.667. The summed E-state index contributed by atoms with van der Waals surface area (Å²) in [7, 11) is 1.35. The van der Waals surface area contributed by atoms with Crippen molar-refractivity contribution in [2.45, 2.75) is 83.6 Å². The van der Waals surface area contributed by atoms with Gasteiger partial charge in [-0.2, -0.15) is 5.06 Å². The molecule has 0 radical (unpaired) electrons. The van der Waals surface area contributed by atoms with Gasteiger partial charge in [-0.3, -0.25) is 4.84 Å². The van der Waals surface area contributed by atoms with Crippen LogP contribution in [0.25, 0.3) is 0 Å². The Morgan fingerprint density at radius 1 is 1.19 bits per heavy atom. The van der Waals surface area contributed by atoms with Crippen molar-refractivity contribution in [3.63, 3.8) is 0 Å². The lowest BCUT2D eigenvalue weighted by atomic mass is 9.75. The molecule has 0 amide bonds.